The summed E-state index contributed by atoms with van der Waals surface area (Å²) in [5.74, 6) is -0.0317. The molecule has 1 atom stereocenters. The van der Waals surface area contributed by atoms with Crippen LogP contribution in [0.25, 0.3) is 0 Å². The zero-order valence-electron chi connectivity index (χ0n) is 21.3. The minimum absolute atomic E-state index is 0.0850. The van der Waals surface area contributed by atoms with Crippen molar-refractivity contribution in [1.82, 2.24) is 5.32 Å². The van der Waals surface area contributed by atoms with E-state index < -0.39 is 21.9 Å². The van der Waals surface area contributed by atoms with Crippen LogP contribution in [0.3, 0.4) is 0 Å². The first kappa shape index (κ1) is 28.6. The second-order valence-corrected chi connectivity index (χ2v) is 11.2. The maximum absolute atomic E-state index is 12.7. The zero-order chi connectivity index (χ0) is 25.7. The number of benzene rings is 2. The molecule has 2 amide bonds. The van der Waals surface area contributed by atoms with Crippen molar-refractivity contribution in [3.8, 4) is 0 Å². The predicted molar refractivity (Wildman–Crippen MR) is 142 cm³/mol. The molecule has 0 radical (unpaired) electrons. The minimum Gasteiger partial charge on any atom is -0.328 e. The first-order valence-electron chi connectivity index (χ1n) is 12.7. The van der Waals surface area contributed by atoms with Crippen molar-refractivity contribution in [1.29, 1.82) is 0 Å². The van der Waals surface area contributed by atoms with E-state index in [1.807, 2.05) is 6.92 Å². The Bertz CT molecular complexity index is 1030. The molecule has 0 aliphatic carbocycles. The summed E-state index contributed by atoms with van der Waals surface area (Å²) in [5.41, 5.74) is 2.18. The molecule has 2 N–H and O–H groups in total. The molecule has 6 nitrogen and oxygen atoms in total. The SMILES string of the molecule is CCCCCCCC(=O)[C@@H](CCCC)NC(=O)Nc1ccc(CS(=O)(=O)c2ccc(C)cc2)cc1. The molecule has 0 saturated heterocycles. The van der Waals surface area contributed by atoms with Crippen LogP contribution in [0, 0.1) is 6.92 Å². The average molecular weight is 501 g/mol. The number of hydrogen-bond acceptors (Lipinski definition) is 4. The van der Waals surface area contributed by atoms with Gasteiger partial charge >= 0.3 is 6.03 Å². The number of hydrogen-bond donors (Lipinski definition) is 2. The molecule has 35 heavy (non-hydrogen) atoms. The van der Waals surface area contributed by atoms with E-state index in [4.69, 9.17) is 0 Å². The fraction of sp³-hybridized carbons (Fsp3) is 0.500. The summed E-state index contributed by atoms with van der Waals surface area (Å²) >= 11 is 0. The van der Waals surface area contributed by atoms with Crippen molar-refractivity contribution in [2.45, 2.75) is 95.2 Å². The van der Waals surface area contributed by atoms with Gasteiger partial charge in [0.25, 0.3) is 0 Å². The van der Waals surface area contributed by atoms with E-state index >= 15 is 0 Å². The summed E-state index contributed by atoms with van der Waals surface area (Å²) in [6, 6.07) is 12.6. The number of carbonyl (C=O) groups excluding carboxylic acids is 2. The van der Waals surface area contributed by atoms with Gasteiger partial charge in [0, 0.05) is 12.1 Å². The van der Waals surface area contributed by atoms with Crippen LogP contribution >= 0.6 is 0 Å². The Hall–Kier alpha value is -2.67. The van der Waals surface area contributed by atoms with Crippen molar-refractivity contribution in [3.05, 3.63) is 59.7 Å². The summed E-state index contributed by atoms with van der Waals surface area (Å²) in [6.45, 7) is 6.14. The Kier molecular flexibility index (Phi) is 12.0. The average Bonchev–Trinajstić information content (AvgIpc) is 2.82. The number of ketones is 1. The molecule has 192 valence electrons. The first-order chi connectivity index (χ1) is 16.7. The van der Waals surface area contributed by atoms with Gasteiger partial charge in [0.05, 0.1) is 16.7 Å². The Morgan fingerprint density at radius 3 is 2.09 bits per heavy atom. The molecule has 0 saturated carbocycles. The Morgan fingerprint density at radius 2 is 1.46 bits per heavy atom. The van der Waals surface area contributed by atoms with E-state index in [1.54, 1.807) is 48.5 Å². The second kappa shape index (κ2) is 14.7. The molecule has 7 heteroatoms. The van der Waals surface area contributed by atoms with Crippen LogP contribution in [-0.4, -0.2) is 26.3 Å². The number of sulfone groups is 1. The van der Waals surface area contributed by atoms with Gasteiger partial charge in [-0.25, -0.2) is 13.2 Å². The summed E-state index contributed by atoms with van der Waals surface area (Å²) in [7, 11) is -3.45. The number of aryl methyl sites for hydroxylation is 1. The molecule has 0 fully saturated rings. The fourth-order valence-corrected chi connectivity index (χ4v) is 5.21. The molecule has 0 bridgehead atoms. The van der Waals surface area contributed by atoms with Crippen LogP contribution in [0.1, 0.15) is 82.8 Å². The number of nitrogens with one attached hydrogen (secondary N) is 2. The molecule has 0 aliphatic heterocycles. The first-order valence-corrected chi connectivity index (χ1v) is 14.4. The van der Waals surface area contributed by atoms with Crippen molar-refractivity contribution in [2.24, 2.45) is 0 Å². The van der Waals surface area contributed by atoms with Gasteiger partial charge < -0.3 is 10.6 Å². The fourth-order valence-electron chi connectivity index (χ4n) is 3.86. The molecule has 0 unspecified atom stereocenters. The van der Waals surface area contributed by atoms with Gasteiger partial charge in [-0.2, -0.15) is 0 Å². The number of unbranched alkanes of at least 4 members (excludes halogenated alkanes) is 5. The van der Waals surface area contributed by atoms with E-state index in [9.17, 15) is 18.0 Å². The largest absolute Gasteiger partial charge is 0.328 e. The highest BCUT2D eigenvalue weighted by Gasteiger charge is 2.20. The van der Waals surface area contributed by atoms with E-state index in [0.29, 0.717) is 24.1 Å². The number of amides is 2. The summed E-state index contributed by atoms with van der Waals surface area (Å²) in [5, 5.41) is 5.60. The quantitative estimate of drug-likeness (QED) is 0.270. The van der Waals surface area contributed by atoms with E-state index in [0.717, 1.165) is 37.7 Å². The summed E-state index contributed by atoms with van der Waals surface area (Å²) in [4.78, 5) is 25.5. The van der Waals surface area contributed by atoms with Crippen LogP contribution in [0.2, 0.25) is 0 Å². The van der Waals surface area contributed by atoms with Crippen LogP contribution in [0.15, 0.2) is 53.4 Å². The Balaban J connectivity index is 1.91. The standard InChI is InChI=1S/C28H40N2O4S/c1-4-6-8-9-10-12-27(31)26(11-7-5-2)30-28(32)29-24-17-15-23(16-18-24)21-35(33,34)25-19-13-22(3)14-20-25/h13-20,26H,4-12,21H2,1-3H3,(H2,29,30,32)/t26-/m1/s1. The second-order valence-electron chi connectivity index (χ2n) is 9.19. The van der Waals surface area contributed by atoms with Crippen LogP contribution in [-0.2, 0) is 20.4 Å². The van der Waals surface area contributed by atoms with Gasteiger partial charge in [0.15, 0.2) is 15.6 Å². The summed E-state index contributed by atoms with van der Waals surface area (Å²) < 4.78 is 25.3. The molecule has 2 aromatic carbocycles. The molecule has 0 heterocycles. The summed E-state index contributed by atoms with van der Waals surface area (Å²) in [6.07, 6.45) is 8.34. The van der Waals surface area contributed by atoms with Gasteiger partial charge in [-0.15, -0.1) is 0 Å². The number of carbonyl (C=O) groups is 2. The lowest BCUT2D eigenvalue weighted by atomic mass is 10.0. The predicted octanol–water partition coefficient (Wildman–Crippen LogP) is 6.58. The van der Waals surface area contributed by atoms with E-state index in [1.165, 1.54) is 12.8 Å². The third-order valence-electron chi connectivity index (χ3n) is 6.02. The lowest BCUT2D eigenvalue weighted by Gasteiger charge is -2.18. The third kappa shape index (κ3) is 10.2. The molecule has 0 spiro atoms. The lowest BCUT2D eigenvalue weighted by molar-refractivity contribution is -0.121. The normalized spacial score (nSPS) is 12.2. The van der Waals surface area contributed by atoms with E-state index in [-0.39, 0.29) is 16.4 Å². The van der Waals surface area contributed by atoms with E-state index in [2.05, 4.69) is 24.5 Å². The lowest BCUT2D eigenvalue weighted by Crippen LogP contribution is -2.43. The Morgan fingerprint density at radius 1 is 0.829 bits per heavy atom. The number of Topliss-reactive ketones (excluding diaryl/α,β-unsaturated/α-hetero) is 1. The number of urea groups is 1. The maximum atomic E-state index is 12.7. The van der Waals surface area contributed by atoms with Gasteiger partial charge in [-0.1, -0.05) is 82.2 Å². The minimum atomic E-state index is -3.45. The van der Waals surface area contributed by atoms with Gasteiger partial charge in [-0.05, 0) is 49.6 Å². The van der Waals surface area contributed by atoms with Crippen molar-refractivity contribution >= 4 is 27.3 Å². The molecule has 0 aromatic heterocycles. The van der Waals surface area contributed by atoms with Gasteiger partial charge in [0.1, 0.15) is 0 Å². The number of anilines is 1. The molecule has 2 rings (SSSR count). The van der Waals surface area contributed by atoms with Crippen LogP contribution in [0.4, 0.5) is 10.5 Å². The van der Waals surface area contributed by atoms with Crippen molar-refractivity contribution < 1.29 is 18.0 Å². The molecule has 2 aromatic rings. The van der Waals surface area contributed by atoms with Crippen LogP contribution < -0.4 is 10.6 Å². The molecular weight excluding hydrogens is 460 g/mol. The highest BCUT2D eigenvalue weighted by molar-refractivity contribution is 7.90. The highest BCUT2D eigenvalue weighted by atomic mass is 32.2. The van der Waals surface area contributed by atoms with Gasteiger partial charge in [-0.3, -0.25) is 4.79 Å². The van der Waals surface area contributed by atoms with Crippen molar-refractivity contribution in [2.75, 3.05) is 5.32 Å². The van der Waals surface area contributed by atoms with Gasteiger partial charge in [0.2, 0.25) is 0 Å². The smallest absolute Gasteiger partial charge is 0.319 e. The highest BCUT2D eigenvalue weighted by Crippen LogP contribution is 2.19. The maximum Gasteiger partial charge on any atom is 0.319 e. The Labute approximate surface area is 210 Å². The number of rotatable bonds is 15. The zero-order valence-corrected chi connectivity index (χ0v) is 22.1. The molecular formula is C28H40N2O4S. The monoisotopic (exact) mass is 500 g/mol. The topological polar surface area (TPSA) is 92.3 Å². The third-order valence-corrected chi connectivity index (χ3v) is 7.72. The van der Waals surface area contributed by atoms with Crippen LogP contribution in [0.5, 0.6) is 0 Å². The van der Waals surface area contributed by atoms with Crippen molar-refractivity contribution in [3.63, 3.8) is 0 Å². The molecule has 0 aliphatic rings.